The van der Waals surface area contributed by atoms with Crippen LogP contribution in [0, 0.1) is 0 Å². The van der Waals surface area contributed by atoms with Crippen LogP contribution in [0.1, 0.15) is 26.7 Å². The molecule has 0 fully saturated rings. The molecule has 0 spiro atoms. The highest BCUT2D eigenvalue weighted by Gasteiger charge is 2.18. The van der Waals surface area contributed by atoms with Crippen molar-refractivity contribution in [3.63, 3.8) is 0 Å². The molecule has 0 aliphatic heterocycles. The summed E-state index contributed by atoms with van der Waals surface area (Å²) in [7, 11) is 3.84. The van der Waals surface area contributed by atoms with E-state index < -0.39 is 18.0 Å². The summed E-state index contributed by atoms with van der Waals surface area (Å²) in [6.07, 6.45) is 1.15. The molecular weight excluding hydrogens is 222 g/mol. The van der Waals surface area contributed by atoms with Crippen LogP contribution in [0.3, 0.4) is 0 Å². The highest BCUT2D eigenvalue weighted by molar-refractivity contribution is 5.82. The fourth-order valence-corrected chi connectivity index (χ4v) is 1.18. The summed E-state index contributed by atoms with van der Waals surface area (Å²) in [6.45, 7) is 4.34. The maximum absolute atomic E-state index is 11.5. The van der Waals surface area contributed by atoms with Crippen LogP contribution in [0.5, 0.6) is 0 Å². The third-order valence-electron chi connectivity index (χ3n) is 2.62. The number of hydrogen-bond acceptors (Lipinski definition) is 3. The number of carboxylic acids is 1. The number of carbonyl (C=O) groups is 2. The van der Waals surface area contributed by atoms with E-state index in [1.54, 1.807) is 0 Å². The van der Waals surface area contributed by atoms with Crippen LogP contribution < -0.4 is 10.6 Å². The molecular formula is C11H23N3O3. The molecule has 0 saturated heterocycles. The molecule has 3 N–H and O–H groups in total. The SMILES string of the molecule is CCC[C@@H](NC(=O)NCC(C)N(C)C)C(=O)O. The van der Waals surface area contributed by atoms with Crippen molar-refractivity contribution in [2.24, 2.45) is 0 Å². The Balaban J connectivity index is 4.02. The van der Waals surface area contributed by atoms with Gasteiger partial charge in [-0.05, 0) is 27.4 Å². The van der Waals surface area contributed by atoms with E-state index in [4.69, 9.17) is 5.11 Å². The van der Waals surface area contributed by atoms with Gasteiger partial charge in [-0.25, -0.2) is 9.59 Å². The lowest BCUT2D eigenvalue weighted by atomic mass is 10.2. The molecule has 0 rings (SSSR count). The number of nitrogens with one attached hydrogen (secondary N) is 2. The lowest BCUT2D eigenvalue weighted by molar-refractivity contribution is -0.139. The lowest BCUT2D eigenvalue weighted by Gasteiger charge is -2.21. The van der Waals surface area contributed by atoms with Gasteiger partial charge < -0.3 is 20.6 Å². The Kier molecular flexibility index (Phi) is 7.29. The van der Waals surface area contributed by atoms with Crippen molar-refractivity contribution in [3.8, 4) is 0 Å². The molecule has 0 aliphatic carbocycles. The topological polar surface area (TPSA) is 81.7 Å². The molecule has 0 aromatic carbocycles. The summed E-state index contributed by atoms with van der Waals surface area (Å²) in [5, 5.41) is 14.0. The molecule has 0 radical (unpaired) electrons. The number of carbonyl (C=O) groups excluding carboxylic acids is 1. The summed E-state index contributed by atoms with van der Waals surface area (Å²) in [5.41, 5.74) is 0. The smallest absolute Gasteiger partial charge is 0.326 e. The van der Waals surface area contributed by atoms with Gasteiger partial charge in [0.05, 0.1) is 0 Å². The van der Waals surface area contributed by atoms with Gasteiger partial charge >= 0.3 is 12.0 Å². The molecule has 0 bridgehead atoms. The molecule has 0 heterocycles. The van der Waals surface area contributed by atoms with E-state index in [1.165, 1.54) is 0 Å². The van der Waals surface area contributed by atoms with Gasteiger partial charge in [-0.15, -0.1) is 0 Å². The number of rotatable bonds is 7. The molecule has 2 amide bonds. The molecule has 0 aromatic rings. The number of hydrogen-bond donors (Lipinski definition) is 3. The molecule has 1 unspecified atom stereocenters. The zero-order valence-electron chi connectivity index (χ0n) is 11.0. The fourth-order valence-electron chi connectivity index (χ4n) is 1.18. The van der Waals surface area contributed by atoms with E-state index in [0.717, 1.165) is 0 Å². The summed E-state index contributed by atoms with van der Waals surface area (Å²) in [4.78, 5) is 24.2. The predicted octanol–water partition coefficient (Wildman–Crippen LogP) is 0.489. The quantitative estimate of drug-likeness (QED) is 0.609. The van der Waals surface area contributed by atoms with Crippen LogP contribution in [0.15, 0.2) is 0 Å². The molecule has 0 aromatic heterocycles. The van der Waals surface area contributed by atoms with E-state index in [2.05, 4.69) is 10.6 Å². The first-order valence-electron chi connectivity index (χ1n) is 5.82. The number of amides is 2. The maximum Gasteiger partial charge on any atom is 0.326 e. The second-order valence-corrected chi connectivity index (χ2v) is 4.35. The minimum Gasteiger partial charge on any atom is -0.480 e. The first-order chi connectivity index (χ1) is 7.88. The molecule has 100 valence electrons. The second-order valence-electron chi connectivity index (χ2n) is 4.35. The summed E-state index contributed by atoms with van der Waals surface area (Å²) >= 11 is 0. The normalized spacial score (nSPS) is 14.2. The standard InChI is InChI=1S/C11H23N3O3/c1-5-6-9(10(15)16)13-11(17)12-7-8(2)14(3)4/h8-9H,5-7H2,1-4H3,(H,15,16)(H2,12,13,17)/t8?,9-/m1/s1. The molecule has 2 atom stereocenters. The second kappa shape index (κ2) is 7.89. The monoisotopic (exact) mass is 245 g/mol. The Morgan fingerprint density at radius 3 is 2.35 bits per heavy atom. The molecule has 0 aliphatic rings. The van der Waals surface area contributed by atoms with E-state index in [9.17, 15) is 9.59 Å². The minimum atomic E-state index is -0.998. The molecule has 0 saturated carbocycles. The van der Waals surface area contributed by atoms with E-state index >= 15 is 0 Å². The van der Waals surface area contributed by atoms with Crippen LogP contribution in [0.4, 0.5) is 4.79 Å². The van der Waals surface area contributed by atoms with Crippen LogP contribution in [-0.2, 0) is 4.79 Å². The number of nitrogens with zero attached hydrogens (tertiary/aromatic N) is 1. The van der Waals surface area contributed by atoms with Crippen molar-refractivity contribution in [2.45, 2.75) is 38.8 Å². The largest absolute Gasteiger partial charge is 0.480 e. The van der Waals surface area contributed by atoms with Gasteiger partial charge in [0.25, 0.3) is 0 Å². The number of urea groups is 1. The molecule has 17 heavy (non-hydrogen) atoms. The third-order valence-corrected chi connectivity index (χ3v) is 2.62. The number of carboxylic acid groups (broad SMARTS) is 1. The first-order valence-corrected chi connectivity index (χ1v) is 5.82. The zero-order valence-corrected chi connectivity index (χ0v) is 11.0. The van der Waals surface area contributed by atoms with Crippen molar-refractivity contribution in [1.29, 1.82) is 0 Å². The van der Waals surface area contributed by atoms with Gasteiger partial charge in [-0.1, -0.05) is 13.3 Å². The summed E-state index contributed by atoms with van der Waals surface area (Å²) in [6, 6.07) is -1.04. The van der Waals surface area contributed by atoms with Gasteiger partial charge in [0.2, 0.25) is 0 Å². The summed E-state index contributed by atoms with van der Waals surface area (Å²) < 4.78 is 0. The predicted molar refractivity (Wildman–Crippen MR) is 66.0 cm³/mol. The van der Waals surface area contributed by atoms with E-state index in [0.29, 0.717) is 19.4 Å². The van der Waals surface area contributed by atoms with Crippen LogP contribution in [-0.4, -0.2) is 54.7 Å². The Hall–Kier alpha value is -1.30. The Morgan fingerprint density at radius 2 is 1.94 bits per heavy atom. The number of aliphatic carboxylic acids is 1. The summed E-state index contributed by atoms with van der Waals surface area (Å²) in [5.74, 6) is -0.998. The van der Waals surface area contributed by atoms with Gasteiger partial charge in [0.15, 0.2) is 0 Å². The highest BCUT2D eigenvalue weighted by Crippen LogP contribution is 1.96. The van der Waals surface area contributed by atoms with Crippen LogP contribution in [0.2, 0.25) is 0 Å². The highest BCUT2D eigenvalue weighted by atomic mass is 16.4. The van der Waals surface area contributed by atoms with Crippen molar-refractivity contribution in [1.82, 2.24) is 15.5 Å². The Morgan fingerprint density at radius 1 is 1.35 bits per heavy atom. The van der Waals surface area contributed by atoms with Crippen molar-refractivity contribution in [3.05, 3.63) is 0 Å². The third kappa shape index (κ3) is 6.78. The average Bonchev–Trinajstić information content (AvgIpc) is 2.24. The van der Waals surface area contributed by atoms with E-state index in [-0.39, 0.29) is 6.04 Å². The molecule has 6 heteroatoms. The van der Waals surface area contributed by atoms with Crippen molar-refractivity contribution in [2.75, 3.05) is 20.6 Å². The van der Waals surface area contributed by atoms with Gasteiger partial charge in [0.1, 0.15) is 6.04 Å². The van der Waals surface area contributed by atoms with Gasteiger partial charge in [0, 0.05) is 12.6 Å². The van der Waals surface area contributed by atoms with Gasteiger partial charge in [-0.3, -0.25) is 0 Å². The zero-order chi connectivity index (χ0) is 13.4. The lowest BCUT2D eigenvalue weighted by Crippen LogP contribution is -2.48. The average molecular weight is 245 g/mol. The maximum atomic E-state index is 11.5. The fraction of sp³-hybridized carbons (Fsp3) is 0.818. The van der Waals surface area contributed by atoms with Crippen molar-refractivity contribution < 1.29 is 14.7 Å². The van der Waals surface area contributed by atoms with E-state index in [1.807, 2.05) is 32.8 Å². The van der Waals surface area contributed by atoms with Crippen LogP contribution >= 0.6 is 0 Å². The number of likely N-dealkylation sites (N-methyl/N-ethyl adjacent to an activating group) is 1. The minimum absolute atomic E-state index is 0.204. The van der Waals surface area contributed by atoms with Crippen LogP contribution in [0.25, 0.3) is 0 Å². The van der Waals surface area contributed by atoms with Crippen molar-refractivity contribution >= 4 is 12.0 Å². The Bertz CT molecular complexity index is 256. The first kappa shape index (κ1) is 15.7. The molecule has 6 nitrogen and oxygen atoms in total. The Labute approximate surface area is 102 Å². The van der Waals surface area contributed by atoms with Gasteiger partial charge in [-0.2, -0.15) is 0 Å².